The van der Waals surface area contributed by atoms with Gasteiger partial charge in [-0.2, -0.15) is 5.10 Å². The lowest BCUT2D eigenvalue weighted by atomic mass is 9.99. The molecule has 1 aliphatic rings. The van der Waals surface area contributed by atoms with E-state index in [1.165, 1.54) is 31.2 Å². The number of nitrogens with one attached hydrogen (secondary N) is 2. The summed E-state index contributed by atoms with van der Waals surface area (Å²) in [5.41, 5.74) is 2.01. The van der Waals surface area contributed by atoms with Crippen LogP contribution < -0.4 is 5.32 Å². The first-order valence-corrected chi connectivity index (χ1v) is 11.2. The fourth-order valence-electron chi connectivity index (χ4n) is 4.49. The van der Waals surface area contributed by atoms with Crippen molar-refractivity contribution in [1.82, 2.24) is 15.2 Å². The van der Waals surface area contributed by atoms with Crippen molar-refractivity contribution in [3.63, 3.8) is 0 Å². The molecule has 1 amide bonds. The van der Waals surface area contributed by atoms with Gasteiger partial charge in [-0.25, -0.2) is 8.78 Å². The molecule has 1 aliphatic carbocycles. The Bertz CT molecular complexity index is 1380. The maximum atomic E-state index is 14.3. The van der Waals surface area contributed by atoms with Crippen molar-refractivity contribution in [2.24, 2.45) is 5.92 Å². The van der Waals surface area contributed by atoms with Gasteiger partial charge in [-0.1, -0.05) is 43.9 Å². The molecular weight excluding hydrogens is 438 g/mol. The molecule has 2 aromatic heterocycles. The topological polar surface area (TPSA) is 87.7 Å². The van der Waals surface area contributed by atoms with E-state index in [-0.39, 0.29) is 17.0 Å². The normalized spacial score (nSPS) is 13.9. The number of amides is 1. The molecule has 2 aromatic carbocycles. The number of halogens is 2. The monoisotopic (exact) mass is 460 g/mol. The summed E-state index contributed by atoms with van der Waals surface area (Å²) < 4.78 is 27.9. The number of aromatic nitrogens is 3. The maximum Gasteiger partial charge on any atom is 0.276 e. The third-order valence-corrected chi connectivity index (χ3v) is 6.30. The fourth-order valence-corrected chi connectivity index (χ4v) is 4.49. The van der Waals surface area contributed by atoms with Crippen LogP contribution in [0.1, 0.15) is 53.1 Å². The molecule has 0 radical (unpaired) electrons. The molecule has 1 saturated carbocycles. The van der Waals surface area contributed by atoms with E-state index in [1.54, 1.807) is 30.3 Å². The first kappa shape index (κ1) is 21.9. The first-order chi connectivity index (χ1) is 16.5. The molecule has 6 nitrogen and oxygen atoms in total. The second kappa shape index (κ2) is 9.13. The summed E-state index contributed by atoms with van der Waals surface area (Å²) >= 11 is 0. The quantitative estimate of drug-likeness (QED) is 0.350. The van der Waals surface area contributed by atoms with Gasteiger partial charge in [0.2, 0.25) is 0 Å². The number of fused-ring (bicyclic) bond motifs is 1. The number of Topliss-reactive ketones (excluding diaryl/α,β-unsaturated/α-hetero) is 1. The van der Waals surface area contributed by atoms with Gasteiger partial charge in [-0.15, -0.1) is 0 Å². The number of rotatable bonds is 6. The Morgan fingerprint density at radius 2 is 1.88 bits per heavy atom. The molecule has 0 saturated heterocycles. The van der Waals surface area contributed by atoms with Crippen molar-refractivity contribution in [1.29, 1.82) is 0 Å². The van der Waals surface area contributed by atoms with E-state index < -0.39 is 17.5 Å². The minimum absolute atomic E-state index is 0.0141. The molecule has 0 atom stereocenters. The number of carbonyl (C=O) groups excluding carboxylic acids is 2. The summed E-state index contributed by atoms with van der Waals surface area (Å²) in [5.74, 6) is -1.94. The van der Waals surface area contributed by atoms with Crippen LogP contribution in [0.5, 0.6) is 0 Å². The lowest BCUT2D eigenvalue weighted by Gasteiger charge is -2.08. The zero-order chi connectivity index (χ0) is 23.7. The number of pyridine rings is 1. The smallest absolute Gasteiger partial charge is 0.276 e. The lowest BCUT2D eigenvalue weighted by molar-refractivity contribution is 0.0956. The number of hydrogen-bond acceptors (Lipinski definition) is 4. The van der Waals surface area contributed by atoms with Crippen LogP contribution in [-0.2, 0) is 0 Å². The third kappa shape index (κ3) is 4.31. The Labute approximate surface area is 194 Å². The van der Waals surface area contributed by atoms with Crippen LogP contribution in [0.2, 0.25) is 0 Å². The highest BCUT2D eigenvalue weighted by molar-refractivity contribution is 6.11. The minimum atomic E-state index is -0.954. The van der Waals surface area contributed by atoms with Crippen molar-refractivity contribution >= 4 is 28.3 Å². The summed E-state index contributed by atoms with van der Waals surface area (Å²) in [6.07, 6.45) is 6.48. The molecule has 0 bridgehead atoms. The summed E-state index contributed by atoms with van der Waals surface area (Å²) in [6.45, 7) is 0. The van der Waals surface area contributed by atoms with Crippen LogP contribution in [0.4, 0.5) is 14.5 Å². The average Bonchev–Trinajstić information content (AvgIpc) is 3.50. The molecule has 8 heteroatoms. The lowest BCUT2D eigenvalue weighted by Crippen LogP contribution is -2.14. The molecule has 34 heavy (non-hydrogen) atoms. The molecule has 0 aliphatic heterocycles. The van der Waals surface area contributed by atoms with Gasteiger partial charge in [-0.05, 0) is 41.8 Å². The van der Waals surface area contributed by atoms with E-state index in [0.717, 1.165) is 18.9 Å². The summed E-state index contributed by atoms with van der Waals surface area (Å²) in [7, 11) is 0. The number of anilines is 1. The first-order valence-electron chi connectivity index (χ1n) is 11.2. The largest absolute Gasteiger partial charge is 0.319 e. The highest BCUT2D eigenvalue weighted by Gasteiger charge is 2.21. The highest BCUT2D eigenvalue weighted by atomic mass is 19.2. The molecule has 2 heterocycles. The van der Waals surface area contributed by atoms with Gasteiger partial charge in [-0.3, -0.25) is 19.7 Å². The van der Waals surface area contributed by atoms with Crippen molar-refractivity contribution < 1.29 is 18.4 Å². The van der Waals surface area contributed by atoms with Gasteiger partial charge in [0.1, 0.15) is 5.69 Å². The zero-order valence-corrected chi connectivity index (χ0v) is 18.3. The van der Waals surface area contributed by atoms with Crippen molar-refractivity contribution in [3.05, 3.63) is 77.8 Å². The predicted octanol–water partition coefficient (Wildman–Crippen LogP) is 5.92. The van der Waals surface area contributed by atoms with Crippen molar-refractivity contribution in [2.45, 2.75) is 32.1 Å². The minimum Gasteiger partial charge on any atom is -0.319 e. The Balaban J connectivity index is 1.34. The summed E-state index contributed by atoms with van der Waals surface area (Å²) in [6, 6.07) is 12.1. The molecule has 5 rings (SSSR count). The second-order valence-corrected chi connectivity index (χ2v) is 8.60. The molecule has 172 valence electrons. The van der Waals surface area contributed by atoms with Crippen LogP contribution in [0.3, 0.4) is 0 Å². The number of aromatic amines is 1. The Morgan fingerprint density at radius 1 is 1.06 bits per heavy atom. The van der Waals surface area contributed by atoms with Gasteiger partial charge in [0.25, 0.3) is 5.91 Å². The van der Waals surface area contributed by atoms with E-state index in [2.05, 4.69) is 20.5 Å². The van der Waals surface area contributed by atoms with E-state index in [9.17, 15) is 18.4 Å². The summed E-state index contributed by atoms with van der Waals surface area (Å²) in [5, 5.41) is 10.1. The number of carbonyl (C=O) groups is 2. The van der Waals surface area contributed by atoms with E-state index in [1.807, 2.05) is 0 Å². The highest BCUT2D eigenvalue weighted by Crippen LogP contribution is 2.30. The van der Waals surface area contributed by atoms with Gasteiger partial charge in [0, 0.05) is 17.4 Å². The molecular formula is C26H22F2N4O2. The molecule has 0 unspecified atom stereocenters. The number of H-pyrrole nitrogens is 1. The maximum absolute atomic E-state index is 14.3. The summed E-state index contributed by atoms with van der Waals surface area (Å²) in [4.78, 5) is 29.6. The number of hydrogen-bond donors (Lipinski definition) is 2. The van der Waals surface area contributed by atoms with Gasteiger partial charge in [0.15, 0.2) is 23.1 Å². The van der Waals surface area contributed by atoms with Gasteiger partial charge >= 0.3 is 0 Å². The van der Waals surface area contributed by atoms with Crippen molar-refractivity contribution in [3.8, 4) is 11.1 Å². The molecule has 0 spiro atoms. The Kier molecular flexibility index (Phi) is 5.88. The van der Waals surface area contributed by atoms with Gasteiger partial charge < -0.3 is 5.32 Å². The predicted molar refractivity (Wildman–Crippen MR) is 125 cm³/mol. The fraction of sp³-hybridized carbons (Fsp3) is 0.231. The standard InChI is InChI=1S/C26H22F2N4O2/c27-20-7-3-6-18(24(20)28)16-8-10-21-19(13-16)25(32-31-21)26(34)30-17-9-11-22(29-14-17)23(33)12-15-4-1-2-5-15/h3,6-11,13-15H,1-2,4-5,12H2,(H,30,34)(H,31,32). The van der Waals surface area contributed by atoms with Crippen LogP contribution in [0.25, 0.3) is 22.0 Å². The molecule has 2 N–H and O–H groups in total. The zero-order valence-electron chi connectivity index (χ0n) is 18.3. The Morgan fingerprint density at radius 3 is 2.65 bits per heavy atom. The van der Waals surface area contributed by atoms with Crippen LogP contribution in [0, 0.1) is 17.6 Å². The number of nitrogens with zero attached hydrogens (tertiary/aromatic N) is 2. The van der Waals surface area contributed by atoms with Crippen LogP contribution in [0.15, 0.2) is 54.7 Å². The van der Waals surface area contributed by atoms with E-state index >= 15 is 0 Å². The van der Waals surface area contributed by atoms with Crippen LogP contribution >= 0.6 is 0 Å². The Hall–Kier alpha value is -3.94. The number of benzene rings is 2. The SMILES string of the molecule is O=C(CC1CCCC1)c1ccc(NC(=O)c2n[nH]c3ccc(-c4cccc(F)c4F)cc23)cn1. The van der Waals surface area contributed by atoms with Crippen molar-refractivity contribution in [2.75, 3.05) is 5.32 Å². The third-order valence-electron chi connectivity index (χ3n) is 6.30. The number of ketones is 1. The van der Waals surface area contributed by atoms with Gasteiger partial charge in [0.05, 0.1) is 17.4 Å². The van der Waals surface area contributed by atoms with Crippen LogP contribution in [-0.4, -0.2) is 26.9 Å². The second-order valence-electron chi connectivity index (χ2n) is 8.60. The molecule has 4 aromatic rings. The van der Waals surface area contributed by atoms with E-state index in [4.69, 9.17) is 0 Å². The molecule has 1 fully saturated rings. The van der Waals surface area contributed by atoms with E-state index in [0.29, 0.717) is 40.2 Å². The average molecular weight is 460 g/mol.